The van der Waals surface area contributed by atoms with Gasteiger partial charge in [0.1, 0.15) is 6.04 Å². The molecule has 1 aliphatic rings. The molecule has 2 aromatic rings. The summed E-state index contributed by atoms with van der Waals surface area (Å²) in [6.07, 6.45) is 2.82. The van der Waals surface area contributed by atoms with Crippen LogP contribution in [0.5, 0.6) is 0 Å². The molecule has 1 fully saturated rings. The van der Waals surface area contributed by atoms with Crippen molar-refractivity contribution in [2.24, 2.45) is 5.92 Å². The zero-order valence-electron chi connectivity index (χ0n) is 21.1. The third-order valence-corrected chi connectivity index (χ3v) is 6.44. The minimum absolute atomic E-state index is 0.00776. The van der Waals surface area contributed by atoms with E-state index in [1.807, 2.05) is 45.0 Å². The van der Waals surface area contributed by atoms with E-state index in [1.54, 1.807) is 11.0 Å². The molecule has 1 unspecified atom stereocenters. The van der Waals surface area contributed by atoms with Gasteiger partial charge in [-0.3, -0.25) is 14.4 Å². The van der Waals surface area contributed by atoms with Crippen molar-refractivity contribution in [1.82, 2.24) is 15.5 Å². The highest BCUT2D eigenvalue weighted by atomic mass is 16.3. The summed E-state index contributed by atoms with van der Waals surface area (Å²) in [7, 11) is 0. The van der Waals surface area contributed by atoms with Crippen LogP contribution in [-0.4, -0.2) is 47.8 Å². The van der Waals surface area contributed by atoms with E-state index in [2.05, 4.69) is 31.4 Å². The molecular weight excluding hydrogens is 430 g/mol. The van der Waals surface area contributed by atoms with E-state index in [1.165, 1.54) is 6.26 Å². The molecule has 1 atom stereocenters. The average molecular weight is 468 g/mol. The summed E-state index contributed by atoms with van der Waals surface area (Å²) in [4.78, 5) is 40.3. The standard InChI is InChI=1S/C27H37N3O4/c1-17(2)22(29-24(31)19-7-9-20(10-8-19)27(4,5)6)26(33)30-14-11-21(12-15-30)28-25(32)23-18(3)13-16-34-23/h7-10,13,16-17,21-22H,11-12,14-15H2,1-6H3,(H,28,32)(H,29,31). The van der Waals surface area contributed by atoms with E-state index >= 15 is 0 Å². The number of hydrogen-bond acceptors (Lipinski definition) is 4. The van der Waals surface area contributed by atoms with Gasteiger partial charge in [0.2, 0.25) is 5.91 Å². The Kier molecular flexibility index (Phi) is 7.85. The SMILES string of the molecule is Cc1ccoc1C(=O)NC1CCN(C(=O)C(NC(=O)c2ccc(C(C)(C)C)cc2)C(C)C)CC1. The molecule has 1 aromatic carbocycles. The summed E-state index contributed by atoms with van der Waals surface area (Å²) < 4.78 is 5.26. The molecule has 2 heterocycles. The van der Waals surface area contributed by atoms with Crippen LogP contribution in [0.25, 0.3) is 0 Å². The van der Waals surface area contributed by atoms with Crippen molar-refractivity contribution >= 4 is 17.7 Å². The van der Waals surface area contributed by atoms with Gasteiger partial charge in [-0.05, 0) is 54.9 Å². The number of piperidine rings is 1. The Bertz CT molecular complexity index is 1010. The molecule has 3 rings (SSSR count). The first-order valence-electron chi connectivity index (χ1n) is 12.0. The molecule has 7 nitrogen and oxygen atoms in total. The first-order valence-corrected chi connectivity index (χ1v) is 12.0. The van der Waals surface area contributed by atoms with Crippen molar-refractivity contribution in [3.8, 4) is 0 Å². The van der Waals surface area contributed by atoms with Gasteiger partial charge in [0, 0.05) is 30.3 Å². The molecular formula is C27H37N3O4. The van der Waals surface area contributed by atoms with Gasteiger partial charge in [-0.15, -0.1) is 0 Å². The maximum Gasteiger partial charge on any atom is 0.287 e. The lowest BCUT2D eigenvalue weighted by Gasteiger charge is -2.35. The van der Waals surface area contributed by atoms with Crippen LogP contribution in [0, 0.1) is 12.8 Å². The van der Waals surface area contributed by atoms with Gasteiger partial charge < -0.3 is 20.0 Å². The van der Waals surface area contributed by atoms with Crippen LogP contribution in [-0.2, 0) is 10.2 Å². The fourth-order valence-corrected chi connectivity index (χ4v) is 4.16. The molecule has 184 valence electrons. The third kappa shape index (κ3) is 6.07. The first kappa shape index (κ1) is 25.5. The minimum atomic E-state index is -0.605. The fraction of sp³-hybridized carbons (Fsp3) is 0.519. The van der Waals surface area contributed by atoms with Gasteiger partial charge in [-0.2, -0.15) is 0 Å². The maximum atomic E-state index is 13.3. The molecule has 0 aliphatic carbocycles. The van der Waals surface area contributed by atoms with Crippen LogP contribution in [0.15, 0.2) is 41.0 Å². The summed E-state index contributed by atoms with van der Waals surface area (Å²) in [6.45, 7) is 13.1. The Labute approximate surface area is 202 Å². The van der Waals surface area contributed by atoms with Crippen LogP contribution in [0.3, 0.4) is 0 Å². The van der Waals surface area contributed by atoms with Gasteiger partial charge >= 0.3 is 0 Å². The highest BCUT2D eigenvalue weighted by Gasteiger charge is 2.32. The number of hydrogen-bond donors (Lipinski definition) is 2. The van der Waals surface area contributed by atoms with E-state index in [9.17, 15) is 14.4 Å². The molecule has 0 bridgehead atoms. The lowest BCUT2D eigenvalue weighted by molar-refractivity contribution is -0.135. The number of carbonyl (C=O) groups excluding carboxylic acids is 3. The third-order valence-electron chi connectivity index (χ3n) is 6.44. The molecule has 1 aromatic heterocycles. The van der Waals surface area contributed by atoms with Crippen molar-refractivity contribution in [2.75, 3.05) is 13.1 Å². The van der Waals surface area contributed by atoms with Crippen molar-refractivity contribution < 1.29 is 18.8 Å². The molecule has 0 radical (unpaired) electrons. The predicted molar refractivity (Wildman–Crippen MR) is 132 cm³/mol. The quantitative estimate of drug-likeness (QED) is 0.670. The van der Waals surface area contributed by atoms with Crippen LogP contribution < -0.4 is 10.6 Å². The van der Waals surface area contributed by atoms with Crippen molar-refractivity contribution in [1.29, 1.82) is 0 Å². The van der Waals surface area contributed by atoms with Gasteiger partial charge in [0.25, 0.3) is 11.8 Å². The lowest BCUT2D eigenvalue weighted by Crippen LogP contribution is -2.54. The van der Waals surface area contributed by atoms with Crippen LogP contribution in [0.4, 0.5) is 0 Å². The number of furan rings is 1. The molecule has 2 N–H and O–H groups in total. The van der Waals surface area contributed by atoms with E-state index in [4.69, 9.17) is 4.42 Å². The number of carbonyl (C=O) groups is 3. The summed E-state index contributed by atoms with van der Waals surface area (Å²) in [6, 6.07) is 8.69. The summed E-state index contributed by atoms with van der Waals surface area (Å²) in [5.74, 6) is -0.275. The molecule has 34 heavy (non-hydrogen) atoms. The Balaban J connectivity index is 1.57. The van der Waals surface area contributed by atoms with Crippen molar-refractivity contribution in [3.05, 3.63) is 59.0 Å². The minimum Gasteiger partial charge on any atom is -0.459 e. The van der Waals surface area contributed by atoms with Crippen molar-refractivity contribution in [3.63, 3.8) is 0 Å². The number of rotatable bonds is 6. The maximum absolute atomic E-state index is 13.3. The second kappa shape index (κ2) is 10.5. The summed E-state index contributed by atoms with van der Waals surface area (Å²) >= 11 is 0. The van der Waals surface area contributed by atoms with Crippen LogP contribution in [0.2, 0.25) is 0 Å². The first-order chi connectivity index (χ1) is 16.0. The average Bonchev–Trinajstić information content (AvgIpc) is 3.22. The highest BCUT2D eigenvalue weighted by molar-refractivity contribution is 5.97. The van der Waals surface area contributed by atoms with Gasteiger partial charge in [-0.1, -0.05) is 46.8 Å². The Morgan fingerprint density at radius 3 is 2.12 bits per heavy atom. The van der Waals surface area contributed by atoms with E-state index in [-0.39, 0.29) is 35.1 Å². The smallest absolute Gasteiger partial charge is 0.287 e. The monoisotopic (exact) mass is 467 g/mol. The van der Waals surface area contributed by atoms with Gasteiger partial charge in [0.15, 0.2) is 5.76 Å². The van der Waals surface area contributed by atoms with Crippen LogP contribution >= 0.6 is 0 Å². The number of aryl methyl sites for hydroxylation is 1. The number of nitrogens with zero attached hydrogens (tertiary/aromatic N) is 1. The second-order valence-corrected chi connectivity index (χ2v) is 10.5. The zero-order chi connectivity index (χ0) is 25.0. The zero-order valence-corrected chi connectivity index (χ0v) is 21.1. The number of amides is 3. The topological polar surface area (TPSA) is 91.7 Å². The highest BCUT2D eigenvalue weighted by Crippen LogP contribution is 2.22. The molecule has 7 heteroatoms. The fourth-order valence-electron chi connectivity index (χ4n) is 4.16. The second-order valence-electron chi connectivity index (χ2n) is 10.5. The molecule has 0 saturated carbocycles. The summed E-state index contributed by atoms with van der Waals surface area (Å²) in [5, 5.41) is 5.95. The lowest BCUT2D eigenvalue weighted by atomic mass is 9.86. The largest absolute Gasteiger partial charge is 0.459 e. The van der Waals surface area contributed by atoms with Crippen LogP contribution in [0.1, 0.15) is 79.5 Å². The molecule has 0 spiro atoms. The van der Waals surface area contributed by atoms with Crippen molar-refractivity contribution in [2.45, 2.75) is 71.9 Å². The Hall–Kier alpha value is -3.09. The molecule has 3 amide bonds. The van der Waals surface area contributed by atoms with Gasteiger partial charge in [-0.25, -0.2) is 0 Å². The molecule has 1 aliphatic heterocycles. The summed E-state index contributed by atoms with van der Waals surface area (Å²) in [5.41, 5.74) is 2.50. The normalized spacial score (nSPS) is 15.8. The predicted octanol–water partition coefficient (Wildman–Crippen LogP) is 4.06. The molecule has 1 saturated heterocycles. The number of benzene rings is 1. The Morgan fingerprint density at radius 2 is 1.62 bits per heavy atom. The van der Waals surface area contributed by atoms with E-state index in [0.29, 0.717) is 37.3 Å². The van der Waals surface area contributed by atoms with E-state index in [0.717, 1.165) is 11.1 Å². The number of nitrogens with one attached hydrogen (secondary N) is 2. The van der Waals surface area contributed by atoms with Gasteiger partial charge in [0.05, 0.1) is 6.26 Å². The van der Waals surface area contributed by atoms with E-state index < -0.39 is 6.04 Å². The Morgan fingerprint density at radius 1 is 1.00 bits per heavy atom. The number of likely N-dealkylation sites (tertiary alicyclic amines) is 1.